The lowest BCUT2D eigenvalue weighted by Crippen LogP contribution is -2.20. The van der Waals surface area contributed by atoms with Crippen molar-refractivity contribution in [3.63, 3.8) is 0 Å². The number of aromatic nitrogens is 1. The summed E-state index contributed by atoms with van der Waals surface area (Å²) in [6.45, 7) is 6.39. The molecular formula is C23H25N3O2S. The number of anilines is 2. The van der Waals surface area contributed by atoms with Gasteiger partial charge in [-0.15, -0.1) is 0 Å². The topological polar surface area (TPSA) is 63.2 Å². The van der Waals surface area contributed by atoms with Gasteiger partial charge in [-0.05, 0) is 53.4 Å². The first-order valence-electron chi connectivity index (χ1n) is 9.29. The van der Waals surface area contributed by atoms with Crippen molar-refractivity contribution in [2.45, 2.75) is 36.0 Å². The predicted molar refractivity (Wildman–Crippen MR) is 119 cm³/mol. The molecule has 150 valence electrons. The number of hydrogen-bond acceptors (Lipinski definition) is 4. The van der Waals surface area contributed by atoms with E-state index in [1.807, 2.05) is 54.6 Å². The first-order valence-corrected chi connectivity index (χ1v) is 10.1. The van der Waals surface area contributed by atoms with Gasteiger partial charge in [0.15, 0.2) is 0 Å². The van der Waals surface area contributed by atoms with Crippen LogP contribution < -0.4 is 15.4 Å². The summed E-state index contributed by atoms with van der Waals surface area (Å²) in [7, 11) is 1.59. The maximum absolute atomic E-state index is 12.6. The second kappa shape index (κ2) is 9.01. The zero-order chi connectivity index (χ0) is 20.9. The van der Waals surface area contributed by atoms with Gasteiger partial charge in [0.25, 0.3) is 0 Å². The van der Waals surface area contributed by atoms with Crippen molar-refractivity contribution in [2.75, 3.05) is 17.7 Å². The summed E-state index contributed by atoms with van der Waals surface area (Å²) < 4.78 is 5.40. The molecular weight excluding hydrogens is 382 g/mol. The molecule has 0 aliphatic carbocycles. The minimum atomic E-state index is -0.319. The van der Waals surface area contributed by atoms with Crippen LogP contribution in [0, 0.1) is 0 Å². The fraction of sp³-hybridized carbons (Fsp3) is 0.217. The third-order valence-electron chi connectivity index (χ3n) is 4.29. The lowest BCUT2D eigenvalue weighted by atomic mass is 9.87. The molecule has 0 unspecified atom stereocenters. The van der Waals surface area contributed by atoms with Crippen molar-refractivity contribution in [1.82, 2.24) is 4.98 Å². The molecule has 5 nitrogen and oxygen atoms in total. The minimum absolute atomic E-state index is 0.0301. The Balaban J connectivity index is 1.72. The van der Waals surface area contributed by atoms with Crippen molar-refractivity contribution >= 4 is 29.2 Å². The Morgan fingerprint density at radius 2 is 1.72 bits per heavy atom. The molecule has 2 aromatic carbocycles. The summed E-state index contributed by atoms with van der Waals surface area (Å²) in [6, 6.07) is 17.1. The minimum Gasteiger partial charge on any atom is -0.495 e. The van der Waals surface area contributed by atoms with Crippen LogP contribution >= 0.6 is 11.8 Å². The molecule has 0 spiro atoms. The molecule has 3 rings (SSSR count). The first-order chi connectivity index (χ1) is 13.8. The van der Waals surface area contributed by atoms with E-state index in [1.54, 1.807) is 31.3 Å². The highest BCUT2D eigenvalue weighted by Gasteiger charge is 2.17. The van der Waals surface area contributed by atoms with Crippen LogP contribution in [0.15, 0.2) is 76.8 Å². The largest absolute Gasteiger partial charge is 0.495 e. The van der Waals surface area contributed by atoms with E-state index >= 15 is 0 Å². The van der Waals surface area contributed by atoms with Crippen molar-refractivity contribution < 1.29 is 9.53 Å². The lowest BCUT2D eigenvalue weighted by Gasteiger charge is -2.21. The van der Waals surface area contributed by atoms with Gasteiger partial charge in [-0.3, -0.25) is 4.98 Å². The number of amides is 2. The highest BCUT2D eigenvalue weighted by Crippen LogP contribution is 2.32. The molecule has 29 heavy (non-hydrogen) atoms. The van der Waals surface area contributed by atoms with E-state index in [0.717, 1.165) is 15.4 Å². The highest BCUT2D eigenvalue weighted by atomic mass is 32.2. The number of nitrogens with zero attached hydrogens (tertiary/aromatic N) is 1. The van der Waals surface area contributed by atoms with Crippen LogP contribution in [-0.2, 0) is 5.41 Å². The average Bonchev–Trinajstić information content (AvgIpc) is 2.68. The first kappa shape index (κ1) is 20.7. The SMILES string of the molecule is COc1ccc(C(C)(C)C)cc1NC(=O)Nc1cccc(Sc2ccncc2)c1. The zero-order valence-corrected chi connectivity index (χ0v) is 17.8. The van der Waals surface area contributed by atoms with Gasteiger partial charge in [0, 0.05) is 27.9 Å². The Morgan fingerprint density at radius 1 is 0.966 bits per heavy atom. The van der Waals surface area contributed by atoms with Gasteiger partial charge in [-0.25, -0.2) is 4.79 Å². The molecule has 0 aliphatic heterocycles. The van der Waals surface area contributed by atoms with E-state index in [4.69, 9.17) is 4.74 Å². The molecule has 0 atom stereocenters. The number of pyridine rings is 1. The summed E-state index contributed by atoms with van der Waals surface area (Å²) in [5.74, 6) is 0.621. The second-order valence-electron chi connectivity index (χ2n) is 7.56. The Bertz CT molecular complexity index is 985. The molecule has 0 saturated heterocycles. The molecule has 2 N–H and O–H groups in total. The number of benzene rings is 2. The summed E-state index contributed by atoms with van der Waals surface area (Å²) in [5, 5.41) is 5.80. The molecule has 0 fully saturated rings. The second-order valence-corrected chi connectivity index (χ2v) is 8.70. The number of rotatable bonds is 5. The maximum Gasteiger partial charge on any atom is 0.323 e. The van der Waals surface area contributed by atoms with Crippen LogP contribution in [-0.4, -0.2) is 18.1 Å². The van der Waals surface area contributed by atoms with Crippen LogP contribution in [0.1, 0.15) is 26.3 Å². The van der Waals surface area contributed by atoms with Gasteiger partial charge in [-0.1, -0.05) is 44.7 Å². The summed E-state index contributed by atoms with van der Waals surface area (Å²) >= 11 is 1.61. The zero-order valence-electron chi connectivity index (χ0n) is 17.0. The van der Waals surface area contributed by atoms with Crippen LogP contribution in [0.3, 0.4) is 0 Å². The number of hydrogen-bond donors (Lipinski definition) is 2. The molecule has 0 aliphatic rings. The number of nitrogens with one attached hydrogen (secondary N) is 2. The summed E-state index contributed by atoms with van der Waals surface area (Å²) in [4.78, 5) is 18.7. The average molecular weight is 408 g/mol. The highest BCUT2D eigenvalue weighted by molar-refractivity contribution is 7.99. The van der Waals surface area contributed by atoms with Crippen molar-refractivity contribution in [3.05, 3.63) is 72.6 Å². The molecule has 2 amide bonds. The molecule has 3 aromatic rings. The van der Waals surface area contributed by atoms with Crippen molar-refractivity contribution in [1.29, 1.82) is 0 Å². The Kier molecular flexibility index (Phi) is 6.44. The molecule has 0 bridgehead atoms. The molecule has 0 radical (unpaired) electrons. The quantitative estimate of drug-likeness (QED) is 0.530. The number of carbonyl (C=O) groups is 1. The van der Waals surface area contributed by atoms with Crippen LogP contribution in [0.2, 0.25) is 0 Å². The third kappa shape index (κ3) is 5.74. The lowest BCUT2D eigenvalue weighted by molar-refractivity contribution is 0.262. The monoisotopic (exact) mass is 407 g/mol. The van der Waals surface area contributed by atoms with Gasteiger partial charge in [-0.2, -0.15) is 0 Å². The van der Waals surface area contributed by atoms with Gasteiger partial charge in [0.05, 0.1) is 12.8 Å². The Labute approximate surface area is 175 Å². The Hall–Kier alpha value is -2.99. The molecule has 6 heteroatoms. The number of urea groups is 1. The normalized spacial score (nSPS) is 11.0. The number of carbonyl (C=O) groups excluding carboxylic acids is 1. The van der Waals surface area contributed by atoms with E-state index in [-0.39, 0.29) is 11.4 Å². The molecule has 1 aromatic heterocycles. The van der Waals surface area contributed by atoms with E-state index in [0.29, 0.717) is 17.1 Å². The smallest absolute Gasteiger partial charge is 0.323 e. The van der Waals surface area contributed by atoms with Gasteiger partial charge >= 0.3 is 6.03 Å². The standard InChI is InChI=1S/C23H25N3O2S/c1-23(2,3)16-8-9-21(28-4)20(14-16)26-22(27)25-17-6-5-7-19(15-17)29-18-10-12-24-13-11-18/h5-15H,1-4H3,(H2,25,26,27). The van der Waals surface area contributed by atoms with Crippen LogP contribution in [0.4, 0.5) is 16.2 Å². The fourth-order valence-corrected chi connectivity index (χ4v) is 3.60. The third-order valence-corrected chi connectivity index (χ3v) is 5.29. The summed E-state index contributed by atoms with van der Waals surface area (Å²) in [5.41, 5.74) is 2.44. The van der Waals surface area contributed by atoms with Gasteiger partial charge < -0.3 is 15.4 Å². The van der Waals surface area contributed by atoms with E-state index < -0.39 is 0 Å². The maximum atomic E-state index is 12.6. The molecule has 1 heterocycles. The Morgan fingerprint density at radius 3 is 2.41 bits per heavy atom. The predicted octanol–water partition coefficient (Wildman–Crippen LogP) is 6.18. The van der Waals surface area contributed by atoms with Gasteiger partial charge in [0.1, 0.15) is 5.75 Å². The summed E-state index contributed by atoms with van der Waals surface area (Å²) in [6.07, 6.45) is 3.52. The van der Waals surface area contributed by atoms with Crippen LogP contribution in [0.5, 0.6) is 5.75 Å². The van der Waals surface area contributed by atoms with E-state index in [9.17, 15) is 4.79 Å². The van der Waals surface area contributed by atoms with E-state index in [1.165, 1.54) is 0 Å². The number of ether oxygens (including phenoxy) is 1. The fourth-order valence-electron chi connectivity index (χ4n) is 2.74. The van der Waals surface area contributed by atoms with Crippen molar-refractivity contribution in [2.24, 2.45) is 0 Å². The van der Waals surface area contributed by atoms with Crippen LogP contribution in [0.25, 0.3) is 0 Å². The van der Waals surface area contributed by atoms with Gasteiger partial charge in [0.2, 0.25) is 0 Å². The van der Waals surface area contributed by atoms with E-state index in [2.05, 4.69) is 36.4 Å². The number of methoxy groups -OCH3 is 1. The molecule has 0 saturated carbocycles. The van der Waals surface area contributed by atoms with Crippen molar-refractivity contribution in [3.8, 4) is 5.75 Å².